The molecule has 0 aliphatic rings. The van der Waals surface area contributed by atoms with Gasteiger partial charge in [0.05, 0.1) is 9.89 Å². The van der Waals surface area contributed by atoms with Gasteiger partial charge in [0.15, 0.2) is 0 Å². The van der Waals surface area contributed by atoms with Crippen LogP contribution >= 0.6 is 24.8 Å². The molecule has 1 N–H and O–H groups in total. The number of aromatic amines is 1. The Kier molecular flexibility index (Phi) is 1.90. The molecule has 0 amide bonds. The lowest BCUT2D eigenvalue weighted by atomic mass is 10.2. The molecule has 0 spiro atoms. The summed E-state index contributed by atoms with van der Waals surface area (Å²) in [5.41, 5.74) is 2.01. The lowest BCUT2D eigenvalue weighted by molar-refractivity contribution is 1.45. The van der Waals surface area contributed by atoms with Gasteiger partial charge in [0, 0.05) is 10.9 Å². The highest BCUT2D eigenvalue weighted by molar-refractivity contribution is 8.11. The Morgan fingerprint density at radius 1 is 1.33 bits per heavy atom. The van der Waals surface area contributed by atoms with Crippen molar-refractivity contribution in [2.45, 2.75) is 0 Å². The van der Waals surface area contributed by atoms with E-state index in [-0.39, 0.29) is 0 Å². The number of para-hydroxylation sites is 1. The van der Waals surface area contributed by atoms with Crippen molar-refractivity contribution in [2.24, 2.45) is 0 Å². The maximum absolute atomic E-state index is 4.94. The van der Waals surface area contributed by atoms with Crippen molar-refractivity contribution in [1.29, 1.82) is 0 Å². The van der Waals surface area contributed by atoms with Gasteiger partial charge in [-0.05, 0) is 12.1 Å². The van der Waals surface area contributed by atoms with Crippen molar-refractivity contribution >= 4 is 39.9 Å². The van der Waals surface area contributed by atoms with Crippen LogP contribution in [-0.4, -0.2) is 9.18 Å². The first-order valence-corrected chi connectivity index (χ1v) is 4.44. The topological polar surface area (TPSA) is 15.8 Å². The molecule has 60 valence electrons. The number of H-pyrrole nitrogens is 1. The minimum absolute atomic E-state index is 0.603. The largest absolute Gasteiger partial charge is 0.353 e. The van der Waals surface area contributed by atoms with Gasteiger partial charge in [0.25, 0.3) is 0 Å². The predicted octanol–water partition coefficient (Wildman–Crippen LogP) is 2.77. The number of thiocarbonyl (C=S) groups is 1. The molecule has 0 fully saturated rings. The monoisotopic (exact) mass is 193 g/mol. The van der Waals surface area contributed by atoms with Gasteiger partial charge in [-0.25, -0.2) is 0 Å². The first-order chi connectivity index (χ1) is 5.77. The van der Waals surface area contributed by atoms with Gasteiger partial charge in [-0.1, -0.05) is 30.4 Å². The Hall–Kier alpha value is -0.800. The number of rotatable bonds is 1. The molecule has 1 nitrogen and oxygen atoms in total. The molecule has 0 aliphatic carbocycles. The third-order valence-electron chi connectivity index (χ3n) is 1.76. The first-order valence-electron chi connectivity index (χ1n) is 3.58. The van der Waals surface area contributed by atoms with E-state index in [1.807, 2.05) is 30.3 Å². The van der Waals surface area contributed by atoms with E-state index in [0.717, 1.165) is 11.2 Å². The fourth-order valence-corrected chi connectivity index (χ4v) is 1.42. The third-order valence-corrected chi connectivity index (χ3v) is 2.22. The number of hydrogen-bond donors (Lipinski definition) is 2. The quantitative estimate of drug-likeness (QED) is 0.525. The Balaban J connectivity index is 2.70. The van der Waals surface area contributed by atoms with E-state index in [4.69, 9.17) is 12.2 Å². The van der Waals surface area contributed by atoms with E-state index in [9.17, 15) is 0 Å². The zero-order valence-corrected chi connectivity index (χ0v) is 7.95. The smallest absolute Gasteiger partial charge is 0.0911 e. The highest BCUT2D eigenvalue weighted by Gasteiger charge is 2.00. The van der Waals surface area contributed by atoms with Gasteiger partial charge < -0.3 is 4.98 Å². The fraction of sp³-hybridized carbons (Fsp3) is 0. The fourth-order valence-electron chi connectivity index (χ4n) is 1.19. The van der Waals surface area contributed by atoms with Crippen molar-refractivity contribution in [2.75, 3.05) is 0 Å². The van der Waals surface area contributed by atoms with Crippen LogP contribution in [0.15, 0.2) is 30.3 Å². The van der Waals surface area contributed by atoms with E-state index >= 15 is 0 Å². The third kappa shape index (κ3) is 1.26. The molecular weight excluding hydrogens is 186 g/mol. The van der Waals surface area contributed by atoms with E-state index in [0.29, 0.717) is 4.20 Å². The van der Waals surface area contributed by atoms with E-state index in [2.05, 4.69) is 17.6 Å². The maximum atomic E-state index is 4.94. The van der Waals surface area contributed by atoms with Crippen LogP contribution in [-0.2, 0) is 0 Å². The van der Waals surface area contributed by atoms with Crippen LogP contribution < -0.4 is 0 Å². The van der Waals surface area contributed by atoms with Crippen LogP contribution in [0.3, 0.4) is 0 Å². The Bertz CT molecular complexity index is 398. The molecule has 3 heteroatoms. The molecule has 0 bridgehead atoms. The number of aromatic nitrogens is 1. The van der Waals surface area contributed by atoms with Crippen molar-refractivity contribution in [3.8, 4) is 0 Å². The molecule has 1 aromatic carbocycles. The van der Waals surface area contributed by atoms with Gasteiger partial charge in [0.2, 0.25) is 0 Å². The molecule has 0 saturated carbocycles. The predicted molar refractivity (Wildman–Crippen MR) is 59.0 cm³/mol. The zero-order valence-electron chi connectivity index (χ0n) is 6.24. The highest BCUT2D eigenvalue weighted by Crippen LogP contribution is 2.15. The Morgan fingerprint density at radius 3 is 2.75 bits per heavy atom. The van der Waals surface area contributed by atoms with Gasteiger partial charge in [-0.2, -0.15) is 0 Å². The van der Waals surface area contributed by atoms with Crippen molar-refractivity contribution < 1.29 is 0 Å². The van der Waals surface area contributed by atoms with Crippen molar-refractivity contribution in [1.82, 2.24) is 4.98 Å². The lowest BCUT2D eigenvalue weighted by Gasteiger charge is -1.86. The van der Waals surface area contributed by atoms with Gasteiger partial charge in [-0.3, -0.25) is 0 Å². The molecule has 0 aliphatic heterocycles. The Morgan fingerprint density at radius 2 is 2.08 bits per heavy atom. The first kappa shape index (κ1) is 7.83. The second-order valence-electron chi connectivity index (χ2n) is 2.58. The normalized spacial score (nSPS) is 10.4. The summed E-state index contributed by atoms with van der Waals surface area (Å²) >= 11 is 9.03. The molecule has 1 aromatic heterocycles. The van der Waals surface area contributed by atoms with Crippen molar-refractivity contribution in [3.63, 3.8) is 0 Å². The summed E-state index contributed by atoms with van der Waals surface area (Å²) in [4.78, 5) is 3.18. The average molecular weight is 193 g/mol. The maximum Gasteiger partial charge on any atom is 0.0911 e. The molecule has 0 unspecified atom stereocenters. The van der Waals surface area contributed by atoms with E-state index in [1.54, 1.807) is 0 Å². The second kappa shape index (κ2) is 2.92. The summed E-state index contributed by atoms with van der Waals surface area (Å²) in [7, 11) is 0. The molecular formula is C9H7NS2. The number of nitrogens with one attached hydrogen (secondary N) is 1. The molecule has 0 saturated heterocycles. The van der Waals surface area contributed by atoms with Gasteiger partial charge in [0.1, 0.15) is 0 Å². The minimum atomic E-state index is 0.603. The van der Waals surface area contributed by atoms with Crippen LogP contribution in [0.4, 0.5) is 0 Å². The summed E-state index contributed by atoms with van der Waals surface area (Å²) in [6.07, 6.45) is 0. The highest BCUT2D eigenvalue weighted by atomic mass is 32.1. The molecule has 0 radical (unpaired) electrons. The molecule has 0 atom stereocenters. The number of thiol groups is 1. The lowest BCUT2D eigenvalue weighted by Crippen LogP contribution is -1.84. The van der Waals surface area contributed by atoms with Crippen LogP contribution in [0, 0.1) is 0 Å². The number of hydrogen-bond acceptors (Lipinski definition) is 1. The Labute approximate surface area is 81.2 Å². The minimum Gasteiger partial charge on any atom is -0.353 e. The van der Waals surface area contributed by atoms with Crippen LogP contribution in [0.5, 0.6) is 0 Å². The second-order valence-corrected chi connectivity index (χ2v) is 3.73. The summed E-state index contributed by atoms with van der Waals surface area (Å²) < 4.78 is 0.603. The van der Waals surface area contributed by atoms with Crippen LogP contribution in [0.2, 0.25) is 0 Å². The van der Waals surface area contributed by atoms with Crippen LogP contribution in [0.25, 0.3) is 10.9 Å². The molecule has 1 heterocycles. The van der Waals surface area contributed by atoms with Crippen molar-refractivity contribution in [3.05, 3.63) is 36.0 Å². The molecule has 12 heavy (non-hydrogen) atoms. The summed E-state index contributed by atoms with van der Waals surface area (Å²) in [5, 5.41) is 1.17. The van der Waals surface area contributed by atoms with E-state index < -0.39 is 0 Å². The van der Waals surface area contributed by atoms with Crippen LogP contribution in [0.1, 0.15) is 5.69 Å². The summed E-state index contributed by atoms with van der Waals surface area (Å²) in [6, 6.07) is 10.1. The summed E-state index contributed by atoms with van der Waals surface area (Å²) in [5.74, 6) is 0. The van der Waals surface area contributed by atoms with E-state index in [1.165, 1.54) is 5.39 Å². The number of fused-ring (bicyclic) bond motifs is 1. The molecule has 2 rings (SSSR count). The zero-order chi connectivity index (χ0) is 8.55. The SMILES string of the molecule is S=C(S)c1cc2ccccc2[nH]1. The standard InChI is InChI=1S/C9H7NS2/c11-9(12)8-5-6-3-1-2-4-7(6)10-8/h1-5,10H,(H,11,12). The summed E-state index contributed by atoms with van der Waals surface area (Å²) in [6.45, 7) is 0. The average Bonchev–Trinajstić information content (AvgIpc) is 2.46. The molecule has 2 aromatic rings. The van der Waals surface area contributed by atoms with Gasteiger partial charge in [-0.15, -0.1) is 12.6 Å². The number of benzene rings is 1. The van der Waals surface area contributed by atoms with Gasteiger partial charge >= 0.3 is 0 Å².